The molecule has 0 unspecified atom stereocenters. The van der Waals surface area contributed by atoms with E-state index in [1.165, 1.54) is 12.1 Å². The van der Waals surface area contributed by atoms with Gasteiger partial charge >= 0.3 is 0 Å². The van der Waals surface area contributed by atoms with E-state index in [0.29, 0.717) is 54.2 Å². The van der Waals surface area contributed by atoms with Crippen LogP contribution >= 0.6 is 0 Å². The van der Waals surface area contributed by atoms with E-state index < -0.39 is 12.2 Å². The third-order valence-corrected chi connectivity index (χ3v) is 7.08. The lowest BCUT2D eigenvalue weighted by Crippen LogP contribution is -2.54. The number of rotatable bonds is 10. The van der Waals surface area contributed by atoms with Gasteiger partial charge in [0.25, 0.3) is 5.91 Å². The van der Waals surface area contributed by atoms with Gasteiger partial charge in [-0.1, -0.05) is 24.8 Å². The van der Waals surface area contributed by atoms with Crippen molar-refractivity contribution in [2.24, 2.45) is 0 Å². The lowest BCUT2D eigenvalue weighted by Gasteiger charge is -2.40. The van der Waals surface area contributed by atoms with Crippen molar-refractivity contribution < 1.29 is 23.8 Å². The molecule has 8 nitrogen and oxygen atoms in total. The highest BCUT2D eigenvalue weighted by Gasteiger charge is 2.28. The number of halogens is 1. The minimum atomic E-state index is -0.865. The number of carbonyl (C=O) groups is 2. The molecule has 210 valence electrons. The third-order valence-electron chi connectivity index (χ3n) is 7.08. The van der Waals surface area contributed by atoms with E-state index in [-0.39, 0.29) is 30.2 Å². The summed E-state index contributed by atoms with van der Waals surface area (Å²) in [6.07, 6.45) is 3.17. The van der Waals surface area contributed by atoms with Gasteiger partial charge in [-0.15, -0.1) is 0 Å². The molecule has 0 aliphatic carbocycles. The summed E-state index contributed by atoms with van der Waals surface area (Å²) in [6, 6.07) is 15.3. The number of piperazine rings is 1. The number of benzene rings is 2. The first-order valence-electron chi connectivity index (χ1n) is 13.3. The molecule has 2 amide bonds. The Morgan fingerprint density at radius 1 is 1.20 bits per heavy atom. The van der Waals surface area contributed by atoms with Gasteiger partial charge in [-0.25, -0.2) is 4.39 Å². The average Bonchev–Trinajstić information content (AvgIpc) is 2.97. The smallest absolute Gasteiger partial charge is 0.251 e. The predicted molar refractivity (Wildman–Crippen MR) is 150 cm³/mol. The number of nitrogens with one attached hydrogen (secondary N) is 1. The van der Waals surface area contributed by atoms with E-state index in [2.05, 4.69) is 21.8 Å². The van der Waals surface area contributed by atoms with E-state index >= 15 is 0 Å². The molecule has 0 spiro atoms. The van der Waals surface area contributed by atoms with Gasteiger partial charge in [0.15, 0.2) is 0 Å². The summed E-state index contributed by atoms with van der Waals surface area (Å²) in [5.41, 5.74) is 2.29. The highest BCUT2D eigenvalue weighted by atomic mass is 19.1. The molecule has 4 rings (SSSR count). The fourth-order valence-corrected chi connectivity index (χ4v) is 4.73. The quantitative estimate of drug-likeness (QED) is 0.376. The van der Waals surface area contributed by atoms with Gasteiger partial charge in [0.1, 0.15) is 17.7 Å². The number of hydrogen-bond donors (Lipinski definition) is 2. The van der Waals surface area contributed by atoms with Crippen LogP contribution in [0.1, 0.15) is 46.2 Å². The first kappa shape index (κ1) is 28.9. The Bertz CT molecular complexity index is 1320. The van der Waals surface area contributed by atoms with E-state index in [0.717, 1.165) is 0 Å². The molecule has 40 heavy (non-hydrogen) atoms. The second kappa shape index (κ2) is 13.3. The summed E-state index contributed by atoms with van der Waals surface area (Å²) < 4.78 is 20.8. The SMILES string of the molecule is C=CC(=O)N1CCN(C[C@H](Oc2ccc(C(=O)NC[C@H](O)c3cccnc3)cc2)c2ccc(C)c(F)c2)C[C@H]1C. The van der Waals surface area contributed by atoms with Crippen molar-refractivity contribution in [3.63, 3.8) is 0 Å². The van der Waals surface area contributed by atoms with Gasteiger partial charge in [-0.05, 0) is 67.4 Å². The maximum absolute atomic E-state index is 14.5. The van der Waals surface area contributed by atoms with E-state index in [4.69, 9.17) is 4.74 Å². The number of pyridine rings is 1. The summed E-state index contributed by atoms with van der Waals surface area (Å²) in [5.74, 6) is -0.184. The van der Waals surface area contributed by atoms with E-state index in [9.17, 15) is 19.1 Å². The molecular weight excluding hydrogens is 511 g/mol. The lowest BCUT2D eigenvalue weighted by molar-refractivity contribution is -0.130. The molecule has 0 bridgehead atoms. The number of aliphatic hydroxyl groups excluding tert-OH is 1. The third kappa shape index (κ3) is 7.31. The molecule has 3 atom stereocenters. The van der Waals surface area contributed by atoms with Gasteiger partial charge in [-0.2, -0.15) is 0 Å². The highest BCUT2D eigenvalue weighted by molar-refractivity contribution is 5.94. The summed E-state index contributed by atoms with van der Waals surface area (Å²) in [6.45, 7) is 9.72. The topological polar surface area (TPSA) is 95.0 Å². The molecule has 0 saturated carbocycles. The molecule has 9 heteroatoms. The van der Waals surface area contributed by atoms with Gasteiger partial charge in [0.05, 0.1) is 6.10 Å². The van der Waals surface area contributed by atoms with Crippen LogP contribution in [0, 0.1) is 12.7 Å². The molecule has 1 aliphatic heterocycles. The van der Waals surface area contributed by atoms with Crippen molar-refractivity contribution in [3.8, 4) is 5.75 Å². The maximum Gasteiger partial charge on any atom is 0.251 e. The van der Waals surface area contributed by atoms with Crippen molar-refractivity contribution in [1.29, 1.82) is 0 Å². The number of aliphatic hydroxyl groups is 1. The number of nitrogens with zero attached hydrogens (tertiary/aromatic N) is 3. The van der Waals surface area contributed by atoms with Crippen LogP contribution in [0.5, 0.6) is 5.75 Å². The zero-order chi connectivity index (χ0) is 28.6. The van der Waals surface area contributed by atoms with Crippen LogP contribution < -0.4 is 10.1 Å². The highest BCUT2D eigenvalue weighted by Crippen LogP contribution is 2.26. The molecule has 1 saturated heterocycles. The molecule has 0 radical (unpaired) electrons. The molecule has 2 aromatic carbocycles. The molecule has 1 aliphatic rings. The van der Waals surface area contributed by atoms with Crippen LogP contribution in [0.15, 0.2) is 79.6 Å². The second-order valence-electron chi connectivity index (χ2n) is 10.00. The molecular formula is C31H35FN4O4. The van der Waals surface area contributed by atoms with E-state index in [1.54, 1.807) is 66.7 Å². The Balaban J connectivity index is 1.42. The fraction of sp³-hybridized carbons (Fsp3) is 0.323. The maximum atomic E-state index is 14.5. The fourth-order valence-electron chi connectivity index (χ4n) is 4.73. The van der Waals surface area contributed by atoms with Crippen LogP contribution in [0.4, 0.5) is 4.39 Å². The predicted octanol–water partition coefficient (Wildman–Crippen LogP) is 3.83. The lowest BCUT2D eigenvalue weighted by atomic mass is 10.0. The Morgan fingerprint density at radius 3 is 2.62 bits per heavy atom. The largest absolute Gasteiger partial charge is 0.484 e. The normalized spacial score (nSPS) is 17.1. The minimum Gasteiger partial charge on any atom is -0.484 e. The number of aryl methyl sites for hydroxylation is 1. The number of carbonyl (C=O) groups excluding carboxylic acids is 2. The first-order chi connectivity index (χ1) is 19.2. The minimum absolute atomic E-state index is 0.00382. The summed E-state index contributed by atoms with van der Waals surface area (Å²) in [5, 5.41) is 13.0. The van der Waals surface area contributed by atoms with Gasteiger partial charge in [0.2, 0.25) is 5.91 Å². The van der Waals surface area contributed by atoms with Gasteiger partial charge in [0, 0.05) is 62.3 Å². The zero-order valence-corrected chi connectivity index (χ0v) is 22.8. The summed E-state index contributed by atoms with van der Waals surface area (Å²) in [7, 11) is 0. The Labute approximate surface area is 234 Å². The molecule has 2 N–H and O–H groups in total. The Morgan fingerprint density at radius 2 is 1.98 bits per heavy atom. The summed E-state index contributed by atoms with van der Waals surface area (Å²) >= 11 is 0. The number of ether oxygens (including phenoxy) is 1. The molecule has 1 fully saturated rings. The Kier molecular flexibility index (Phi) is 9.63. The van der Waals surface area contributed by atoms with Crippen molar-refractivity contribution in [3.05, 3.63) is 108 Å². The summed E-state index contributed by atoms with van der Waals surface area (Å²) in [4.78, 5) is 32.7. The van der Waals surface area contributed by atoms with Crippen molar-refractivity contribution >= 4 is 11.8 Å². The van der Waals surface area contributed by atoms with Crippen LogP contribution in [-0.2, 0) is 4.79 Å². The number of aromatic nitrogens is 1. The van der Waals surface area contributed by atoms with Gasteiger partial charge in [-0.3, -0.25) is 19.5 Å². The van der Waals surface area contributed by atoms with Crippen molar-refractivity contribution in [2.45, 2.75) is 32.1 Å². The number of hydrogen-bond acceptors (Lipinski definition) is 6. The van der Waals surface area contributed by atoms with E-state index in [1.807, 2.05) is 13.0 Å². The van der Waals surface area contributed by atoms with Crippen LogP contribution in [0.2, 0.25) is 0 Å². The van der Waals surface area contributed by atoms with Crippen LogP contribution in [0.3, 0.4) is 0 Å². The first-order valence-corrected chi connectivity index (χ1v) is 13.3. The van der Waals surface area contributed by atoms with Crippen molar-refractivity contribution in [1.82, 2.24) is 20.1 Å². The van der Waals surface area contributed by atoms with Gasteiger partial charge < -0.3 is 20.1 Å². The number of amides is 2. The standard InChI is InChI=1S/C31H35FN4O4/c1-4-30(38)36-15-14-35(19-22(36)3)20-29(24-8-7-21(2)27(32)16-24)40-26-11-9-23(10-12-26)31(39)34-18-28(37)25-6-5-13-33-17-25/h4-13,16-17,22,28-29,37H,1,14-15,18-20H2,2-3H3,(H,34,39)/t22-,28+,29+/m1/s1. The Hall–Kier alpha value is -4.08. The van der Waals surface area contributed by atoms with Crippen LogP contribution in [-0.4, -0.2) is 70.5 Å². The molecule has 3 aromatic rings. The average molecular weight is 547 g/mol. The second-order valence-corrected chi connectivity index (χ2v) is 10.00. The van der Waals surface area contributed by atoms with Crippen molar-refractivity contribution in [2.75, 3.05) is 32.7 Å². The zero-order valence-electron chi connectivity index (χ0n) is 22.8. The monoisotopic (exact) mass is 546 g/mol. The van der Waals surface area contributed by atoms with Crippen LogP contribution in [0.25, 0.3) is 0 Å². The molecule has 2 heterocycles. The molecule has 1 aromatic heterocycles.